The van der Waals surface area contributed by atoms with Crippen molar-refractivity contribution in [2.45, 2.75) is 70.6 Å². The van der Waals surface area contributed by atoms with Crippen LogP contribution in [-0.4, -0.2) is 94.5 Å². The van der Waals surface area contributed by atoms with E-state index in [-0.39, 0.29) is 24.5 Å². The van der Waals surface area contributed by atoms with Crippen LogP contribution in [0.2, 0.25) is 0 Å². The summed E-state index contributed by atoms with van der Waals surface area (Å²) < 4.78 is 19.8. The Labute approximate surface area is 261 Å². The second-order valence-electron chi connectivity index (χ2n) is 12.1. The first kappa shape index (κ1) is 30.6. The number of thiophene rings is 1. The number of nitrogens with zero attached hydrogens (tertiary/aromatic N) is 5. The normalized spacial score (nSPS) is 20.2. The van der Waals surface area contributed by atoms with Gasteiger partial charge in [0.1, 0.15) is 27.4 Å². The van der Waals surface area contributed by atoms with Crippen molar-refractivity contribution in [2.24, 2.45) is 0 Å². The van der Waals surface area contributed by atoms with Crippen molar-refractivity contribution in [3.8, 4) is 10.8 Å². The Morgan fingerprint density at radius 3 is 2.57 bits per heavy atom. The number of likely N-dealkylation sites (tertiary alicyclic amines) is 1. The molecule has 5 heterocycles. The highest BCUT2D eigenvalue weighted by Gasteiger charge is 2.51. The zero-order valence-electron chi connectivity index (χ0n) is 25.8. The van der Waals surface area contributed by atoms with Crippen LogP contribution in [-0.2, 0) is 14.3 Å². The van der Waals surface area contributed by atoms with Crippen LogP contribution in [0, 0.1) is 6.92 Å². The number of methoxy groups -OCH3 is 1. The fourth-order valence-electron chi connectivity index (χ4n) is 6.52. The smallest absolute Gasteiger partial charge is 0.261 e. The third kappa shape index (κ3) is 5.48. The maximum Gasteiger partial charge on any atom is 0.261 e. The van der Waals surface area contributed by atoms with Gasteiger partial charge in [-0.3, -0.25) is 14.5 Å². The number of hydrogen-bond donors (Lipinski definition) is 1. The van der Waals surface area contributed by atoms with Crippen LogP contribution in [0.3, 0.4) is 0 Å². The van der Waals surface area contributed by atoms with Crippen LogP contribution in [0.1, 0.15) is 67.1 Å². The molecule has 2 fully saturated rings. The highest BCUT2D eigenvalue weighted by atomic mass is 32.1. The third-order valence-electron chi connectivity index (χ3n) is 8.91. The number of anilines is 1. The van der Waals surface area contributed by atoms with Crippen LogP contribution in [0.25, 0.3) is 5.00 Å². The Balaban J connectivity index is 1.45. The number of aliphatic hydroxyl groups excluding tert-OH is 1. The summed E-state index contributed by atoms with van der Waals surface area (Å²) in [4.78, 5) is 33.2. The Morgan fingerprint density at radius 1 is 1.16 bits per heavy atom. The molecule has 236 valence electrons. The lowest BCUT2D eigenvalue weighted by Crippen LogP contribution is -2.67. The lowest BCUT2D eigenvalue weighted by Gasteiger charge is -2.49. The Kier molecular flexibility index (Phi) is 8.69. The number of carbonyl (C=O) groups excluding carboxylic acids is 2. The second-order valence-corrected chi connectivity index (χ2v) is 13.1. The summed E-state index contributed by atoms with van der Waals surface area (Å²) >= 11 is 1.39. The molecule has 0 bridgehead atoms. The minimum absolute atomic E-state index is 0.0457. The van der Waals surface area contributed by atoms with Gasteiger partial charge in [0, 0.05) is 49.8 Å². The summed E-state index contributed by atoms with van der Waals surface area (Å²) in [6.07, 6.45) is 4.90. The fourth-order valence-corrected chi connectivity index (χ4v) is 7.79. The van der Waals surface area contributed by atoms with Crippen molar-refractivity contribution in [3.63, 3.8) is 0 Å². The van der Waals surface area contributed by atoms with Gasteiger partial charge in [-0.1, -0.05) is 29.5 Å². The maximum atomic E-state index is 14.4. The Bertz CT molecular complexity index is 1480. The van der Waals surface area contributed by atoms with Crippen molar-refractivity contribution < 1.29 is 28.9 Å². The maximum absolute atomic E-state index is 14.4. The van der Waals surface area contributed by atoms with E-state index in [1.165, 1.54) is 16.2 Å². The van der Waals surface area contributed by atoms with Gasteiger partial charge in [0.15, 0.2) is 0 Å². The van der Waals surface area contributed by atoms with Crippen molar-refractivity contribution >= 4 is 28.2 Å². The van der Waals surface area contributed by atoms with E-state index in [2.05, 4.69) is 5.10 Å². The molecule has 44 heavy (non-hydrogen) atoms. The first-order valence-corrected chi connectivity index (χ1v) is 16.1. The molecule has 6 rings (SSSR count). The van der Waals surface area contributed by atoms with Gasteiger partial charge in [-0.05, 0) is 58.6 Å². The third-order valence-corrected chi connectivity index (χ3v) is 10.2. The predicted molar refractivity (Wildman–Crippen MR) is 166 cm³/mol. The molecule has 2 aromatic heterocycles. The molecule has 3 aromatic rings. The van der Waals surface area contributed by atoms with Crippen LogP contribution < -0.4 is 9.64 Å². The molecule has 2 saturated heterocycles. The molecular formula is C32H41N5O6S. The van der Waals surface area contributed by atoms with Gasteiger partial charge < -0.3 is 29.1 Å². The Morgan fingerprint density at radius 2 is 1.89 bits per heavy atom. The van der Waals surface area contributed by atoms with Crippen LogP contribution in [0.4, 0.5) is 5.00 Å². The van der Waals surface area contributed by atoms with Crippen molar-refractivity contribution in [3.05, 3.63) is 59.4 Å². The number of amides is 2. The van der Waals surface area contributed by atoms with Gasteiger partial charge >= 0.3 is 0 Å². The molecule has 3 aliphatic rings. The van der Waals surface area contributed by atoms with Crippen LogP contribution in [0.15, 0.2) is 42.7 Å². The quantitative estimate of drug-likeness (QED) is 0.379. The average molecular weight is 624 g/mol. The minimum atomic E-state index is -1.42. The van der Waals surface area contributed by atoms with E-state index in [9.17, 15) is 14.7 Å². The SMILES string of the molecule is COc1ccccc1[C@H](CN1c2sc(-n3cccn3)c(C)c2C(=O)N(C(C)(C)C(=O)N2CCCC2)C1O)OC1CCOCC1. The minimum Gasteiger partial charge on any atom is -0.496 e. The van der Waals surface area contributed by atoms with Crippen molar-refractivity contribution in [1.29, 1.82) is 0 Å². The van der Waals surface area contributed by atoms with Gasteiger partial charge in [0.25, 0.3) is 5.91 Å². The van der Waals surface area contributed by atoms with E-state index in [1.807, 2.05) is 43.5 Å². The molecule has 2 atom stereocenters. The fraction of sp³-hybridized carbons (Fsp3) is 0.531. The Hall–Kier alpha value is -3.45. The number of para-hydroxylation sites is 1. The molecule has 12 heteroatoms. The van der Waals surface area contributed by atoms with E-state index in [0.717, 1.165) is 41.8 Å². The standard InChI is InChI=1S/C32H41N5O6S/c1-21-26-27(38)37(32(2,3)30(39)34-15-7-8-16-34)31(40)35(29(26)44-28(21)36-17-9-14-33-36)20-25(43-22-12-18-42-19-13-22)23-10-5-6-11-24(23)41-4/h5-6,9-11,14,17,22,25,31,40H,7-8,12-13,15-16,18-20H2,1-4H3/t25-,31?/m0/s1. The highest BCUT2D eigenvalue weighted by molar-refractivity contribution is 7.19. The summed E-state index contributed by atoms with van der Waals surface area (Å²) in [5.74, 6) is 0.117. The number of fused-ring (bicyclic) bond motifs is 1. The largest absolute Gasteiger partial charge is 0.496 e. The van der Waals surface area contributed by atoms with Gasteiger partial charge in [-0.2, -0.15) is 5.10 Å². The van der Waals surface area contributed by atoms with Gasteiger partial charge in [-0.25, -0.2) is 4.68 Å². The van der Waals surface area contributed by atoms with E-state index < -0.39 is 18.0 Å². The number of carbonyl (C=O) groups is 2. The van der Waals surface area contributed by atoms with Gasteiger partial charge in [-0.15, -0.1) is 0 Å². The molecule has 1 N–H and O–H groups in total. The van der Waals surface area contributed by atoms with Crippen molar-refractivity contribution in [1.82, 2.24) is 19.6 Å². The number of benzene rings is 1. The monoisotopic (exact) mass is 623 g/mol. The zero-order chi connectivity index (χ0) is 31.0. The molecule has 0 spiro atoms. The number of aromatic nitrogens is 2. The second kappa shape index (κ2) is 12.5. The van der Waals surface area contributed by atoms with Crippen LogP contribution in [0.5, 0.6) is 5.75 Å². The topological polar surface area (TPSA) is 110 Å². The molecule has 0 aliphatic carbocycles. The summed E-state index contributed by atoms with van der Waals surface area (Å²) in [5.41, 5.74) is 0.729. The molecule has 3 aliphatic heterocycles. The van der Waals surface area contributed by atoms with Gasteiger partial charge in [0.2, 0.25) is 12.3 Å². The average Bonchev–Trinajstić information content (AvgIpc) is 3.81. The van der Waals surface area contributed by atoms with Gasteiger partial charge in [0.05, 0.1) is 25.3 Å². The molecule has 0 saturated carbocycles. The van der Waals surface area contributed by atoms with E-state index >= 15 is 0 Å². The predicted octanol–water partition coefficient (Wildman–Crippen LogP) is 4.13. The molecule has 11 nitrogen and oxygen atoms in total. The summed E-state index contributed by atoms with van der Waals surface area (Å²) in [5, 5.41) is 18.0. The number of ether oxygens (including phenoxy) is 3. The van der Waals surface area contributed by atoms with E-state index in [4.69, 9.17) is 14.2 Å². The summed E-state index contributed by atoms with van der Waals surface area (Å²) in [7, 11) is 1.63. The molecule has 1 unspecified atom stereocenters. The molecular weight excluding hydrogens is 582 g/mol. The lowest BCUT2D eigenvalue weighted by atomic mass is 9.96. The van der Waals surface area contributed by atoms with Crippen LogP contribution >= 0.6 is 11.3 Å². The lowest BCUT2D eigenvalue weighted by molar-refractivity contribution is -0.146. The summed E-state index contributed by atoms with van der Waals surface area (Å²) in [6, 6.07) is 9.55. The molecule has 1 aromatic carbocycles. The number of aliphatic hydroxyl groups is 1. The first-order valence-electron chi connectivity index (χ1n) is 15.3. The van der Waals surface area contributed by atoms with E-state index in [1.54, 1.807) is 41.6 Å². The first-order chi connectivity index (χ1) is 21.2. The molecule has 2 amide bonds. The number of hydrogen-bond acceptors (Lipinski definition) is 9. The van der Waals surface area contributed by atoms with E-state index in [0.29, 0.717) is 42.6 Å². The molecule has 0 radical (unpaired) electrons. The van der Waals surface area contributed by atoms with Crippen molar-refractivity contribution in [2.75, 3.05) is 44.9 Å². The summed E-state index contributed by atoms with van der Waals surface area (Å²) in [6.45, 7) is 8.08. The highest BCUT2D eigenvalue weighted by Crippen LogP contribution is 2.46. The zero-order valence-corrected chi connectivity index (χ0v) is 26.6. The number of rotatable bonds is 9.